The number of aryl methyl sites for hydroxylation is 1. The van der Waals surface area contributed by atoms with Crippen molar-refractivity contribution in [1.29, 1.82) is 0 Å². The molecule has 2 unspecified atom stereocenters. The molecule has 20 heavy (non-hydrogen) atoms. The van der Waals surface area contributed by atoms with Crippen LogP contribution in [-0.4, -0.2) is 29.7 Å². The van der Waals surface area contributed by atoms with Crippen LogP contribution in [0.15, 0.2) is 16.7 Å². The molecule has 112 valence electrons. The van der Waals surface area contributed by atoms with E-state index in [-0.39, 0.29) is 5.91 Å². The number of aromatic nitrogens is 1. The number of halogens is 1. The minimum Gasteiger partial charge on any atom is -0.378 e. The fourth-order valence-corrected chi connectivity index (χ4v) is 3.25. The second-order valence-corrected chi connectivity index (χ2v) is 6.23. The maximum absolute atomic E-state index is 12.3. The van der Waals surface area contributed by atoms with Crippen molar-refractivity contribution < 1.29 is 9.53 Å². The average Bonchev–Trinajstić information content (AvgIpc) is 3.02. The Morgan fingerprint density at radius 1 is 1.55 bits per heavy atom. The number of nitrogens with one attached hydrogen (secondary N) is 1. The van der Waals surface area contributed by atoms with Gasteiger partial charge in [0.2, 0.25) is 0 Å². The van der Waals surface area contributed by atoms with Gasteiger partial charge in [-0.1, -0.05) is 13.8 Å². The van der Waals surface area contributed by atoms with Gasteiger partial charge in [0, 0.05) is 36.3 Å². The van der Waals surface area contributed by atoms with Crippen LogP contribution in [-0.2, 0) is 11.3 Å². The highest BCUT2D eigenvalue weighted by atomic mass is 79.9. The number of carbonyl (C=O) groups is 1. The first-order valence-corrected chi connectivity index (χ1v) is 8.20. The first kappa shape index (κ1) is 15.6. The molecule has 1 aliphatic heterocycles. The number of hydrogen-bond acceptors (Lipinski definition) is 2. The lowest BCUT2D eigenvalue weighted by Crippen LogP contribution is -2.33. The molecule has 1 aromatic rings. The number of ether oxygens (including phenoxy) is 1. The summed E-state index contributed by atoms with van der Waals surface area (Å²) in [6, 6.07) is 1.88. The maximum atomic E-state index is 12.3. The zero-order valence-electron chi connectivity index (χ0n) is 12.2. The molecule has 0 radical (unpaired) electrons. The average molecular weight is 343 g/mol. The normalized spacial score (nSPS) is 22.1. The highest BCUT2D eigenvalue weighted by molar-refractivity contribution is 9.10. The van der Waals surface area contributed by atoms with E-state index in [0.29, 0.717) is 18.6 Å². The van der Waals surface area contributed by atoms with E-state index < -0.39 is 0 Å². The molecule has 4 nitrogen and oxygen atoms in total. The molecule has 1 saturated heterocycles. The van der Waals surface area contributed by atoms with Crippen molar-refractivity contribution in [1.82, 2.24) is 9.88 Å². The fraction of sp³-hybridized carbons (Fsp3) is 0.667. The topological polar surface area (TPSA) is 43.3 Å². The predicted octanol–water partition coefficient (Wildman–Crippen LogP) is 3.21. The molecule has 0 spiro atoms. The van der Waals surface area contributed by atoms with Crippen LogP contribution in [0.4, 0.5) is 0 Å². The summed E-state index contributed by atoms with van der Waals surface area (Å²) in [5, 5.41) is 3.06. The van der Waals surface area contributed by atoms with Crippen molar-refractivity contribution in [3.63, 3.8) is 0 Å². The summed E-state index contributed by atoms with van der Waals surface area (Å²) in [6.07, 6.45) is 5.32. The quantitative estimate of drug-likeness (QED) is 0.862. The van der Waals surface area contributed by atoms with Crippen LogP contribution < -0.4 is 5.32 Å². The highest BCUT2D eigenvalue weighted by Crippen LogP contribution is 2.23. The molecule has 1 fully saturated rings. The Kier molecular flexibility index (Phi) is 5.66. The molecule has 2 heterocycles. The molecule has 0 bridgehead atoms. The van der Waals surface area contributed by atoms with E-state index in [1.807, 2.05) is 16.8 Å². The van der Waals surface area contributed by atoms with Gasteiger partial charge >= 0.3 is 0 Å². The van der Waals surface area contributed by atoms with Crippen LogP contribution in [0.3, 0.4) is 0 Å². The molecule has 0 aromatic carbocycles. The Bertz CT molecular complexity index is 459. The van der Waals surface area contributed by atoms with Gasteiger partial charge in [0.15, 0.2) is 0 Å². The first-order chi connectivity index (χ1) is 9.65. The number of amides is 1. The summed E-state index contributed by atoms with van der Waals surface area (Å²) in [4.78, 5) is 12.3. The van der Waals surface area contributed by atoms with E-state index >= 15 is 0 Å². The van der Waals surface area contributed by atoms with E-state index in [2.05, 4.69) is 35.1 Å². The molecule has 1 N–H and O–H groups in total. The SMILES string of the molecule is CCCn1cc(Br)cc1C(=O)NCC1CCOC1CC. The molecule has 2 rings (SSSR count). The van der Waals surface area contributed by atoms with Gasteiger partial charge in [-0.2, -0.15) is 0 Å². The molecule has 1 aliphatic rings. The Morgan fingerprint density at radius 2 is 2.35 bits per heavy atom. The van der Waals surface area contributed by atoms with Crippen LogP contribution in [0.5, 0.6) is 0 Å². The van der Waals surface area contributed by atoms with Crippen molar-refractivity contribution in [2.24, 2.45) is 5.92 Å². The molecule has 2 atom stereocenters. The Morgan fingerprint density at radius 3 is 3.05 bits per heavy atom. The number of nitrogens with zero attached hydrogens (tertiary/aromatic N) is 1. The van der Waals surface area contributed by atoms with Gasteiger partial charge in [0.25, 0.3) is 5.91 Å². The largest absolute Gasteiger partial charge is 0.378 e. The summed E-state index contributed by atoms with van der Waals surface area (Å²) in [6.45, 7) is 6.62. The standard InChI is InChI=1S/C15H23BrN2O2/c1-3-6-18-10-12(16)8-13(18)15(19)17-9-11-5-7-20-14(11)4-2/h8,10-11,14H,3-7,9H2,1-2H3,(H,17,19). The Labute approximate surface area is 129 Å². The third-order valence-electron chi connectivity index (χ3n) is 3.83. The van der Waals surface area contributed by atoms with E-state index in [4.69, 9.17) is 4.74 Å². The van der Waals surface area contributed by atoms with Gasteiger partial charge < -0.3 is 14.6 Å². The van der Waals surface area contributed by atoms with Crippen LogP contribution >= 0.6 is 15.9 Å². The van der Waals surface area contributed by atoms with Gasteiger partial charge in [0.1, 0.15) is 5.69 Å². The van der Waals surface area contributed by atoms with E-state index in [9.17, 15) is 4.79 Å². The summed E-state index contributed by atoms with van der Waals surface area (Å²) in [5.41, 5.74) is 0.727. The van der Waals surface area contributed by atoms with Gasteiger partial charge in [-0.3, -0.25) is 4.79 Å². The zero-order chi connectivity index (χ0) is 14.5. The lowest BCUT2D eigenvalue weighted by Gasteiger charge is -2.17. The van der Waals surface area contributed by atoms with E-state index in [1.54, 1.807) is 0 Å². The Hall–Kier alpha value is -0.810. The third kappa shape index (κ3) is 3.64. The van der Waals surface area contributed by atoms with E-state index in [1.165, 1.54) is 0 Å². The molecule has 5 heteroatoms. The molecule has 1 amide bonds. The van der Waals surface area contributed by atoms with Crippen molar-refractivity contribution >= 4 is 21.8 Å². The number of rotatable bonds is 6. The lowest BCUT2D eigenvalue weighted by atomic mass is 10.00. The second-order valence-electron chi connectivity index (χ2n) is 5.31. The summed E-state index contributed by atoms with van der Waals surface area (Å²) < 4.78 is 8.61. The monoisotopic (exact) mass is 342 g/mol. The minimum atomic E-state index is 0.00547. The lowest BCUT2D eigenvalue weighted by molar-refractivity contribution is 0.0823. The molecular weight excluding hydrogens is 320 g/mol. The summed E-state index contributed by atoms with van der Waals surface area (Å²) in [5.74, 6) is 0.452. The Balaban J connectivity index is 1.94. The summed E-state index contributed by atoms with van der Waals surface area (Å²) >= 11 is 3.44. The van der Waals surface area contributed by atoms with Gasteiger partial charge in [-0.15, -0.1) is 0 Å². The molecule has 0 aliphatic carbocycles. The molecule has 0 saturated carbocycles. The van der Waals surface area contributed by atoms with Crippen molar-refractivity contribution in [3.8, 4) is 0 Å². The second kappa shape index (κ2) is 7.27. The van der Waals surface area contributed by atoms with Crippen molar-refractivity contribution in [3.05, 3.63) is 22.4 Å². The van der Waals surface area contributed by atoms with Crippen LogP contribution in [0.2, 0.25) is 0 Å². The smallest absolute Gasteiger partial charge is 0.267 e. The summed E-state index contributed by atoms with van der Waals surface area (Å²) in [7, 11) is 0. The molecular formula is C15H23BrN2O2. The predicted molar refractivity (Wildman–Crippen MR) is 82.9 cm³/mol. The maximum Gasteiger partial charge on any atom is 0.267 e. The number of hydrogen-bond donors (Lipinski definition) is 1. The number of carbonyl (C=O) groups excluding carboxylic acids is 1. The van der Waals surface area contributed by atoms with Crippen molar-refractivity contribution in [2.75, 3.05) is 13.2 Å². The van der Waals surface area contributed by atoms with E-state index in [0.717, 1.165) is 42.6 Å². The van der Waals surface area contributed by atoms with Crippen LogP contribution in [0.25, 0.3) is 0 Å². The van der Waals surface area contributed by atoms with Gasteiger partial charge in [-0.25, -0.2) is 0 Å². The van der Waals surface area contributed by atoms with Gasteiger partial charge in [-0.05, 0) is 41.3 Å². The van der Waals surface area contributed by atoms with Crippen molar-refractivity contribution in [2.45, 2.75) is 45.8 Å². The fourth-order valence-electron chi connectivity index (χ4n) is 2.78. The highest BCUT2D eigenvalue weighted by Gasteiger charge is 2.27. The zero-order valence-corrected chi connectivity index (χ0v) is 13.8. The van der Waals surface area contributed by atoms with Crippen LogP contribution in [0, 0.1) is 5.92 Å². The van der Waals surface area contributed by atoms with Gasteiger partial charge in [0.05, 0.1) is 6.10 Å². The van der Waals surface area contributed by atoms with Crippen LogP contribution in [0.1, 0.15) is 43.6 Å². The minimum absolute atomic E-state index is 0.00547. The first-order valence-electron chi connectivity index (χ1n) is 7.41. The third-order valence-corrected chi connectivity index (χ3v) is 4.27. The molecule has 1 aromatic heterocycles.